The van der Waals surface area contributed by atoms with E-state index in [4.69, 9.17) is 27.9 Å². The Morgan fingerprint density at radius 2 is 2.08 bits per heavy atom. The second-order valence-corrected chi connectivity index (χ2v) is 3.91. The first-order valence-corrected chi connectivity index (χ1v) is 5.16. The van der Waals surface area contributed by atoms with Gasteiger partial charge in [0.25, 0.3) is 0 Å². The lowest BCUT2D eigenvalue weighted by Gasteiger charge is -2.09. The van der Waals surface area contributed by atoms with Crippen molar-refractivity contribution in [1.82, 2.24) is 0 Å². The van der Waals surface area contributed by atoms with Gasteiger partial charge in [-0.15, -0.1) is 12.6 Å². The summed E-state index contributed by atoms with van der Waals surface area (Å²) in [6.45, 7) is 2.66. The maximum Gasteiger partial charge on any atom is 0.151 e. The zero-order valence-electron chi connectivity index (χ0n) is 7.18. The van der Waals surface area contributed by atoms with Crippen LogP contribution in [0.3, 0.4) is 0 Å². The van der Waals surface area contributed by atoms with Gasteiger partial charge in [-0.3, -0.25) is 0 Å². The van der Waals surface area contributed by atoms with Gasteiger partial charge in [0, 0.05) is 9.92 Å². The van der Waals surface area contributed by atoms with Crippen molar-refractivity contribution >= 4 is 35.8 Å². The largest absolute Gasteiger partial charge is 0.491 e. The van der Waals surface area contributed by atoms with Crippen molar-refractivity contribution in [2.45, 2.75) is 18.2 Å². The minimum absolute atomic E-state index is 0.506. The maximum atomic E-state index is 5.91. The highest BCUT2D eigenvalue weighted by Gasteiger charge is 2.07. The van der Waals surface area contributed by atoms with Crippen LogP contribution < -0.4 is 4.74 Å². The molecule has 0 unspecified atom stereocenters. The summed E-state index contributed by atoms with van der Waals surface area (Å²) in [7, 11) is 0. The van der Waals surface area contributed by atoms with E-state index in [0.29, 0.717) is 27.3 Å². The van der Waals surface area contributed by atoms with Gasteiger partial charge < -0.3 is 4.74 Å². The predicted octanol–water partition coefficient (Wildman–Crippen LogP) is 4.07. The van der Waals surface area contributed by atoms with Gasteiger partial charge in [-0.1, -0.05) is 30.1 Å². The molecule has 0 N–H and O–H groups in total. The van der Waals surface area contributed by atoms with Crippen LogP contribution in [0.25, 0.3) is 0 Å². The Balaban J connectivity index is 2.92. The number of halogens is 2. The molecule has 0 aliphatic carbocycles. The molecule has 4 heteroatoms. The SMILES string of the molecule is CCCOc1c(S)cc(Cl)cc1Cl. The Hall–Kier alpha value is -0.0500. The number of ether oxygens (including phenoxy) is 1. The van der Waals surface area contributed by atoms with Crippen molar-refractivity contribution in [3.05, 3.63) is 22.2 Å². The quantitative estimate of drug-likeness (QED) is 0.779. The molecule has 1 aromatic rings. The van der Waals surface area contributed by atoms with E-state index >= 15 is 0 Å². The third kappa shape index (κ3) is 2.97. The van der Waals surface area contributed by atoms with Crippen LogP contribution in [-0.4, -0.2) is 6.61 Å². The molecule has 0 aliphatic rings. The van der Waals surface area contributed by atoms with Gasteiger partial charge in [0.15, 0.2) is 5.75 Å². The molecule has 0 fully saturated rings. The Morgan fingerprint density at radius 3 is 2.62 bits per heavy atom. The molecule has 13 heavy (non-hydrogen) atoms. The van der Waals surface area contributed by atoms with Crippen LogP contribution in [0.4, 0.5) is 0 Å². The summed E-state index contributed by atoms with van der Waals surface area (Å²) >= 11 is 15.9. The number of hydrogen-bond acceptors (Lipinski definition) is 2. The van der Waals surface area contributed by atoms with Crippen LogP contribution in [0.15, 0.2) is 17.0 Å². The molecule has 1 nitrogen and oxygen atoms in total. The molecule has 0 saturated carbocycles. The molecule has 0 saturated heterocycles. The van der Waals surface area contributed by atoms with Crippen LogP contribution in [0.2, 0.25) is 10.0 Å². The molecular formula is C9H10Cl2OS. The molecule has 72 valence electrons. The fourth-order valence-electron chi connectivity index (χ4n) is 0.894. The number of hydrogen-bond donors (Lipinski definition) is 1. The molecule has 0 bridgehead atoms. The zero-order valence-corrected chi connectivity index (χ0v) is 9.59. The Labute approximate surface area is 93.4 Å². The summed E-state index contributed by atoms with van der Waals surface area (Å²) in [4.78, 5) is 0.672. The topological polar surface area (TPSA) is 9.23 Å². The molecule has 0 aromatic heterocycles. The van der Waals surface area contributed by atoms with Crippen molar-refractivity contribution in [1.29, 1.82) is 0 Å². The molecule has 1 rings (SSSR count). The van der Waals surface area contributed by atoms with Crippen molar-refractivity contribution in [2.75, 3.05) is 6.61 Å². The Kier molecular flexibility index (Phi) is 4.23. The lowest BCUT2D eigenvalue weighted by molar-refractivity contribution is 0.310. The van der Waals surface area contributed by atoms with Gasteiger partial charge in [-0.2, -0.15) is 0 Å². The molecule has 0 spiro atoms. The summed E-state index contributed by atoms with van der Waals surface area (Å²) in [5, 5.41) is 1.07. The fraction of sp³-hybridized carbons (Fsp3) is 0.333. The normalized spacial score (nSPS) is 10.2. The minimum Gasteiger partial charge on any atom is -0.491 e. The van der Waals surface area contributed by atoms with Crippen LogP contribution in [-0.2, 0) is 0 Å². The highest BCUT2D eigenvalue weighted by molar-refractivity contribution is 7.80. The second-order valence-electron chi connectivity index (χ2n) is 2.58. The molecular weight excluding hydrogens is 227 g/mol. The first-order valence-electron chi connectivity index (χ1n) is 3.96. The lowest BCUT2D eigenvalue weighted by Crippen LogP contribution is -1.96. The van der Waals surface area contributed by atoms with Crippen molar-refractivity contribution in [3.63, 3.8) is 0 Å². The molecule has 0 aliphatic heterocycles. The van der Waals surface area contributed by atoms with Gasteiger partial charge in [-0.25, -0.2) is 0 Å². The van der Waals surface area contributed by atoms with E-state index < -0.39 is 0 Å². The third-order valence-electron chi connectivity index (χ3n) is 1.44. The summed E-state index contributed by atoms with van der Waals surface area (Å²) in [5.41, 5.74) is 0. The van der Waals surface area contributed by atoms with Crippen molar-refractivity contribution in [2.24, 2.45) is 0 Å². The Morgan fingerprint density at radius 1 is 1.38 bits per heavy atom. The summed E-state index contributed by atoms with van der Waals surface area (Å²) in [6.07, 6.45) is 0.937. The summed E-state index contributed by atoms with van der Waals surface area (Å²) in [5.74, 6) is 0.608. The third-order valence-corrected chi connectivity index (χ3v) is 2.27. The van der Waals surface area contributed by atoms with Gasteiger partial charge in [-0.05, 0) is 18.6 Å². The van der Waals surface area contributed by atoms with Crippen molar-refractivity contribution in [3.8, 4) is 5.75 Å². The van der Waals surface area contributed by atoms with Crippen molar-refractivity contribution < 1.29 is 4.74 Å². The molecule has 1 aromatic carbocycles. The van der Waals surface area contributed by atoms with E-state index in [0.717, 1.165) is 6.42 Å². The van der Waals surface area contributed by atoms with Gasteiger partial charge >= 0.3 is 0 Å². The second kappa shape index (κ2) is 4.99. The van der Waals surface area contributed by atoms with Crippen LogP contribution in [0.5, 0.6) is 5.75 Å². The molecule has 0 radical (unpaired) electrons. The average Bonchev–Trinajstić information content (AvgIpc) is 2.02. The molecule has 0 heterocycles. The Bertz CT molecular complexity index is 279. The lowest BCUT2D eigenvalue weighted by atomic mass is 10.3. The average molecular weight is 237 g/mol. The highest BCUT2D eigenvalue weighted by atomic mass is 35.5. The van der Waals surface area contributed by atoms with Crippen LogP contribution in [0.1, 0.15) is 13.3 Å². The predicted molar refractivity (Wildman–Crippen MR) is 59.5 cm³/mol. The van der Waals surface area contributed by atoms with Gasteiger partial charge in [0.05, 0.1) is 11.6 Å². The highest BCUT2D eigenvalue weighted by Crippen LogP contribution is 2.34. The van der Waals surface area contributed by atoms with E-state index in [1.807, 2.05) is 6.92 Å². The minimum atomic E-state index is 0.506. The standard InChI is InChI=1S/C9H10Cl2OS/c1-2-3-12-9-7(11)4-6(10)5-8(9)13/h4-5,13H,2-3H2,1H3. The van der Waals surface area contributed by atoms with Crippen LogP contribution in [0, 0.1) is 0 Å². The van der Waals surface area contributed by atoms with E-state index in [9.17, 15) is 0 Å². The van der Waals surface area contributed by atoms with E-state index in [1.54, 1.807) is 12.1 Å². The molecule has 0 amide bonds. The summed E-state index contributed by atoms with van der Waals surface area (Å²) < 4.78 is 5.40. The van der Waals surface area contributed by atoms with Gasteiger partial charge in [0.2, 0.25) is 0 Å². The first-order chi connectivity index (χ1) is 6.15. The van der Waals surface area contributed by atoms with E-state index in [2.05, 4.69) is 12.6 Å². The zero-order chi connectivity index (χ0) is 9.84. The number of benzene rings is 1. The van der Waals surface area contributed by atoms with Crippen LogP contribution >= 0.6 is 35.8 Å². The van der Waals surface area contributed by atoms with E-state index in [-0.39, 0.29) is 0 Å². The number of thiol groups is 1. The molecule has 0 atom stereocenters. The van der Waals surface area contributed by atoms with E-state index in [1.165, 1.54) is 0 Å². The van der Waals surface area contributed by atoms with Gasteiger partial charge in [0.1, 0.15) is 0 Å². The fourth-order valence-corrected chi connectivity index (χ4v) is 1.91. The monoisotopic (exact) mass is 236 g/mol. The summed E-state index contributed by atoms with van der Waals surface area (Å²) in [6, 6.07) is 3.36. The smallest absolute Gasteiger partial charge is 0.151 e. The first kappa shape index (κ1) is 11.0. The number of rotatable bonds is 3. The maximum absolute atomic E-state index is 5.91.